The SMILES string of the molecule is CC1OCCC1NCc1ccc(Br)s1. The largest absolute Gasteiger partial charge is 0.377 e. The van der Waals surface area contributed by atoms with Crippen LogP contribution in [-0.2, 0) is 11.3 Å². The summed E-state index contributed by atoms with van der Waals surface area (Å²) >= 11 is 5.25. The van der Waals surface area contributed by atoms with Crippen LogP contribution in [0.3, 0.4) is 0 Å². The van der Waals surface area contributed by atoms with Crippen molar-refractivity contribution in [1.82, 2.24) is 5.32 Å². The minimum Gasteiger partial charge on any atom is -0.377 e. The van der Waals surface area contributed by atoms with Gasteiger partial charge in [-0.1, -0.05) is 0 Å². The van der Waals surface area contributed by atoms with Crippen molar-refractivity contribution in [2.75, 3.05) is 6.61 Å². The van der Waals surface area contributed by atoms with Crippen molar-refractivity contribution in [3.63, 3.8) is 0 Å². The minimum atomic E-state index is 0.360. The van der Waals surface area contributed by atoms with Crippen LogP contribution in [0.2, 0.25) is 0 Å². The van der Waals surface area contributed by atoms with Gasteiger partial charge in [0.05, 0.1) is 9.89 Å². The molecule has 0 aromatic carbocycles. The first-order valence-electron chi connectivity index (χ1n) is 4.85. The van der Waals surface area contributed by atoms with Crippen LogP contribution in [0.5, 0.6) is 0 Å². The molecule has 1 aromatic rings. The molecule has 1 N–H and O–H groups in total. The summed E-state index contributed by atoms with van der Waals surface area (Å²) in [6, 6.07) is 4.77. The second-order valence-corrected chi connectivity index (χ2v) is 6.11. The van der Waals surface area contributed by atoms with Crippen molar-refractivity contribution in [1.29, 1.82) is 0 Å². The van der Waals surface area contributed by atoms with Gasteiger partial charge in [-0.3, -0.25) is 0 Å². The van der Waals surface area contributed by atoms with Gasteiger partial charge in [-0.15, -0.1) is 11.3 Å². The van der Waals surface area contributed by atoms with E-state index in [9.17, 15) is 0 Å². The summed E-state index contributed by atoms with van der Waals surface area (Å²) in [5, 5.41) is 3.53. The minimum absolute atomic E-state index is 0.360. The molecule has 2 heterocycles. The summed E-state index contributed by atoms with van der Waals surface area (Å²) in [4.78, 5) is 1.37. The molecule has 2 nitrogen and oxygen atoms in total. The third-order valence-corrected chi connectivity index (χ3v) is 4.17. The number of rotatable bonds is 3. The lowest BCUT2D eigenvalue weighted by molar-refractivity contribution is 0.113. The van der Waals surface area contributed by atoms with Gasteiger partial charge in [-0.2, -0.15) is 0 Å². The molecular formula is C10H14BrNOS. The highest BCUT2D eigenvalue weighted by atomic mass is 79.9. The van der Waals surface area contributed by atoms with Gasteiger partial charge in [0.25, 0.3) is 0 Å². The highest BCUT2D eigenvalue weighted by Gasteiger charge is 2.23. The first-order valence-corrected chi connectivity index (χ1v) is 6.46. The first-order chi connectivity index (χ1) is 6.75. The van der Waals surface area contributed by atoms with Crippen LogP contribution in [0.4, 0.5) is 0 Å². The number of hydrogen-bond donors (Lipinski definition) is 1. The Kier molecular flexibility index (Phi) is 3.60. The molecule has 14 heavy (non-hydrogen) atoms. The lowest BCUT2D eigenvalue weighted by Crippen LogP contribution is -2.33. The average Bonchev–Trinajstić information content (AvgIpc) is 2.72. The third-order valence-electron chi connectivity index (χ3n) is 2.54. The molecule has 0 amide bonds. The van der Waals surface area contributed by atoms with Crippen LogP contribution >= 0.6 is 27.3 Å². The van der Waals surface area contributed by atoms with E-state index in [-0.39, 0.29) is 0 Å². The summed E-state index contributed by atoms with van der Waals surface area (Å²) < 4.78 is 6.69. The van der Waals surface area contributed by atoms with Gasteiger partial charge in [0, 0.05) is 24.1 Å². The quantitative estimate of drug-likeness (QED) is 0.916. The Morgan fingerprint density at radius 2 is 2.50 bits per heavy atom. The zero-order valence-corrected chi connectivity index (χ0v) is 10.5. The molecule has 78 valence electrons. The fourth-order valence-electron chi connectivity index (χ4n) is 1.68. The zero-order chi connectivity index (χ0) is 9.97. The van der Waals surface area contributed by atoms with E-state index in [0.717, 1.165) is 19.6 Å². The maximum Gasteiger partial charge on any atom is 0.0701 e. The molecule has 2 rings (SSSR count). The number of hydrogen-bond acceptors (Lipinski definition) is 3. The molecule has 2 atom stereocenters. The van der Waals surface area contributed by atoms with E-state index in [1.807, 2.05) is 0 Å². The molecule has 0 aliphatic carbocycles. The second kappa shape index (κ2) is 4.75. The Morgan fingerprint density at radius 3 is 3.07 bits per heavy atom. The highest BCUT2D eigenvalue weighted by molar-refractivity contribution is 9.11. The third kappa shape index (κ3) is 2.57. The van der Waals surface area contributed by atoms with Crippen molar-refractivity contribution in [3.8, 4) is 0 Å². The van der Waals surface area contributed by atoms with Gasteiger partial charge >= 0.3 is 0 Å². The number of nitrogens with one attached hydrogen (secondary N) is 1. The monoisotopic (exact) mass is 275 g/mol. The fraction of sp³-hybridized carbons (Fsp3) is 0.600. The normalized spacial score (nSPS) is 27.0. The van der Waals surface area contributed by atoms with Crippen molar-refractivity contribution in [2.45, 2.75) is 32.0 Å². The molecule has 1 aliphatic rings. The van der Waals surface area contributed by atoms with Gasteiger partial charge in [0.1, 0.15) is 0 Å². The molecule has 0 saturated carbocycles. The first kappa shape index (κ1) is 10.6. The predicted molar refractivity (Wildman–Crippen MR) is 62.7 cm³/mol. The van der Waals surface area contributed by atoms with E-state index >= 15 is 0 Å². The maximum atomic E-state index is 5.49. The standard InChI is InChI=1S/C10H14BrNOS/c1-7-9(4-5-13-7)12-6-8-2-3-10(11)14-8/h2-3,7,9,12H,4-6H2,1H3. The van der Waals surface area contributed by atoms with Crippen molar-refractivity contribution in [2.24, 2.45) is 0 Å². The lowest BCUT2D eigenvalue weighted by atomic mass is 10.1. The van der Waals surface area contributed by atoms with Crippen LogP contribution in [0, 0.1) is 0 Å². The summed E-state index contributed by atoms with van der Waals surface area (Å²) in [5.74, 6) is 0. The van der Waals surface area contributed by atoms with E-state index < -0.39 is 0 Å². The smallest absolute Gasteiger partial charge is 0.0701 e. The highest BCUT2D eigenvalue weighted by Crippen LogP contribution is 2.22. The van der Waals surface area contributed by atoms with Crippen molar-refractivity contribution < 1.29 is 4.74 Å². The topological polar surface area (TPSA) is 21.3 Å². The molecule has 1 fully saturated rings. The van der Waals surface area contributed by atoms with E-state index in [1.54, 1.807) is 11.3 Å². The van der Waals surface area contributed by atoms with Gasteiger partial charge in [0.2, 0.25) is 0 Å². The van der Waals surface area contributed by atoms with E-state index in [1.165, 1.54) is 8.66 Å². The predicted octanol–water partition coefficient (Wildman–Crippen LogP) is 2.78. The van der Waals surface area contributed by atoms with Crippen molar-refractivity contribution >= 4 is 27.3 Å². The summed E-state index contributed by atoms with van der Waals surface area (Å²) in [6.45, 7) is 3.98. The Labute approximate surface area is 96.8 Å². The molecule has 1 aliphatic heterocycles. The Balaban J connectivity index is 1.82. The van der Waals surface area contributed by atoms with Gasteiger partial charge in [0.15, 0.2) is 0 Å². The number of thiophene rings is 1. The molecule has 0 spiro atoms. The van der Waals surface area contributed by atoms with E-state index in [4.69, 9.17) is 4.74 Å². The molecule has 2 unspecified atom stereocenters. The second-order valence-electron chi connectivity index (χ2n) is 3.56. The van der Waals surface area contributed by atoms with E-state index in [2.05, 4.69) is 40.3 Å². The van der Waals surface area contributed by atoms with Gasteiger partial charge in [-0.25, -0.2) is 0 Å². The molecule has 1 aromatic heterocycles. The Hall–Kier alpha value is 0.1000. The van der Waals surface area contributed by atoms with Crippen LogP contribution in [0.25, 0.3) is 0 Å². The van der Waals surface area contributed by atoms with Crippen molar-refractivity contribution in [3.05, 3.63) is 20.8 Å². The molecular weight excluding hydrogens is 262 g/mol. The summed E-state index contributed by atoms with van der Waals surface area (Å²) in [6.07, 6.45) is 1.49. The maximum absolute atomic E-state index is 5.49. The van der Waals surface area contributed by atoms with E-state index in [0.29, 0.717) is 12.1 Å². The van der Waals surface area contributed by atoms with Crippen LogP contribution < -0.4 is 5.32 Å². The summed E-state index contributed by atoms with van der Waals surface area (Å²) in [5.41, 5.74) is 0. The van der Waals surface area contributed by atoms with Gasteiger partial charge < -0.3 is 10.1 Å². The molecule has 4 heteroatoms. The average molecular weight is 276 g/mol. The zero-order valence-electron chi connectivity index (χ0n) is 8.13. The molecule has 0 radical (unpaired) electrons. The molecule has 0 bridgehead atoms. The lowest BCUT2D eigenvalue weighted by Gasteiger charge is -2.14. The Morgan fingerprint density at radius 1 is 1.64 bits per heavy atom. The fourth-order valence-corrected chi connectivity index (χ4v) is 3.11. The number of ether oxygens (including phenoxy) is 1. The number of halogens is 1. The molecule has 1 saturated heterocycles. The van der Waals surface area contributed by atoms with Crippen LogP contribution in [0.1, 0.15) is 18.2 Å². The Bertz CT molecular complexity index is 302. The van der Waals surface area contributed by atoms with Crippen LogP contribution in [0.15, 0.2) is 15.9 Å². The van der Waals surface area contributed by atoms with Gasteiger partial charge in [-0.05, 0) is 41.4 Å². The van der Waals surface area contributed by atoms with Crippen LogP contribution in [-0.4, -0.2) is 18.8 Å². The summed E-state index contributed by atoms with van der Waals surface area (Å²) in [7, 11) is 0.